The number of amides is 2. The van der Waals surface area contributed by atoms with E-state index < -0.39 is 0 Å². The van der Waals surface area contributed by atoms with Crippen molar-refractivity contribution in [1.29, 1.82) is 0 Å². The molecule has 0 spiro atoms. The summed E-state index contributed by atoms with van der Waals surface area (Å²) in [6.07, 6.45) is 6.70. The average Bonchev–Trinajstić information content (AvgIpc) is 3.03. The summed E-state index contributed by atoms with van der Waals surface area (Å²) >= 11 is 0. The Bertz CT molecular complexity index is 1030. The summed E-state index contributed by atoms with van der Waals surface area (Å²) in [4.78, 5) is 31.1. The first-order valence-electron chi connectivity index (χ1n) is 8.77. The number of carbonyl (C=O) groups excluding carboxylic acids is 2. The lowest BCUT2D eigenvalue weighted by atomic mass is 10.1. The van der Waals surface area contributed by atoms with Crippen molar-refractivity contribution in [2.45, 2.75) is 6.92 Å². The topological polar surface area (TPSA) is 79.6 Å². The first-order chi connectivity index (χ1) is 13.5. The average molecular weight is 375 g/mol. The van der Waals surface area contributed by atoms with Gasteiger partial charge in [-0.1, -0.05) is 12.2 Å². The predicted octanol–water partition coefficient (Wildman–Crippen LogP) is 3.10. The summed E-state index contributed by atoms with van der Waals surface area (Å²) < 4.78 is 1.57. The second-order valence-corrected chi connectivity index (χ2v) is 6.17. The zero-order valence-corrected chi connectivity index (χ0v) is 15.6. The van der Waals surface area contributed by atoms with Crippen LogP contribution in [-0.4, -0.2) is 44.4 Å². The van der Waals surface area contributed by atoms with Crippen LogP contribution in [0, 0.1) is 6.92 Å². The molecule has 2 amide bonds. The van der Waals surface area contributed by atoms with Crippen molar-refractivity contribution in [2.75, 3.05) is 18.4 Å². The fourth-order valence-electron chi connectivity index (χ4n) is 2.89. The zero-order chi connectivity index (χ0) is 20.1. The van der Waals surface area contributed by atoms with Gasteiger partial charge in [0.05, 0.1) is 5.69 Å². The number of fused-ring (bicyclic) bond motifs is 1. The molecule has 3 aromatic rings. The van der Waals surface area contributed by atoms with Crippen LogP contribution >= 0.6 is 0 Å². The van der Waals surface area contributed by atoms with Gasteiger partial charge in [-0.15, -0.1) is 13.2 Å². The van der Waals surface area contributed by atoms with Gasteiger partial charge >= 0.3 is 0 Å². The number of nitrogens with one attached hydrogen (secondary N) is 1. The summed E-state index contributed by atoms with van der Waals surface area (Å²) in [5.41, 5.74) is 2.61. The van der Waals surface area contributed by atoms with Gasteiger partial charge in [0.1, 0.15) is 5.56 Å². The molecule has 0 aliphatic carbocycles. The van der Waals surface area contributed by atoms with Crippen LogP contribution < -0.4 is 5.32 Å². The normalized spacial score (nSPS) is 10.5. The third kappa shape index (κ3) is 3.83. The number of aromatic nitrogens is 3. The Morgan fingerprint density at radius 1 is 1.18 bits per heavy atom. The van der Waals surface area contributed by atoms with E-state index in [4.69, 9.17) is 0 Å². The van der Waals surface area contributed by atoms with Crippen LogP contribution in [0.25, 0.3) is 5.65 Å². The highest BCUT2D eigenvalue weighted by Gasteiger charge is 2.18. The molecule has 0 unspecified atom stereocenters. The SMILES string of the molecule is C=CCN(CC=C)C(=O)c1ccc(NC(=O)c2c(C)nn3cccnc23)cc1. The molecule has 2 aromatic heterocycles. The van der Waals surface area contributed by atoms with Crippen LogP contribution in [0.5, 0.6) is 0 Å². The van der Waals surface area contributed by atoms with E-state index in [9.17, 15) is 9.59 Å². The Morgan fingerprint density at radius 2 is 1.86 bits per heavy atom. The maximum atomic E-state index is 12.7. The second-order valence-electron chi connectivity index (χ2n) is 6.17. The van der Waals surface area contributed by atoms with Crippen LogP contribution in [0.3, 0.4) is 0 Å². The van der Waals surface area contributed by atoms with Gasteiger partial charge in [-0.25, -0.2) is 9.50 Å². The Morgan fingerprint density at radius 3 is 2.50 bits per heavy atom. The Hall–Kier alpha value is -3.74. The van der Waals surface area contributed by atoms with E-state index in [0.29, 0.717) is 41.2 Å². The third-order valence-corrected chi connectivity index (χ3v) is 4.17. The number of hydrogen-bond acceptors (Lipinski definition) is 4. The molecule has 0 saturated heterocycles. The molecule has 0 aliphatic heterocycles. The zero-order valence-electron chi connectivity index (χ0n) is 15.6. The van der Waals surface area contributed by atoms with Crippen LogP contribution in [0.15, 0.2) is 68.0 Å². The number of nitrogens with zero attached hydrogens (tertiary/aromatic N) is 4. The quantitative estimate of drug-likeness (QED) is 0.644. The molecule has 3 rings (SSSR count). The molecule has 0 fully saturated rings. The minimum Gasteiger partial charge on any atom is -0.331 e. The van der Waals surface area contributed by atoms with Crippen molar-refractivity contribution in [3.05, 3.63) is 84.9 Å². The predicted molar refractivity (Wildman–Crippen MR) is 108 cm³/mol. The highest BCUT2D eigenvalue weighted by atomic mass is 16.2. The van der Waals surface area contributed by atoms with Gasteiger partial charge in [-0.05, 0) is 37.3 Å². The monoisotopic (exact) mass is 375 g/mol. The van der Waals surface area contributed by atoms with Gasteiger partial charge < -0.3 is 10.2 Å². The second kappa shape index (κ2) is 8.30. The van der Waals surface area contributed by atoms with Crippen LogP contribution in [0.2, 0.25) is 0 Å². The van der Waals surface area contributed by atoms with Gasteiger partial charge in [-0.3, -0.25) is 9.59 Å². The van der Waals surface area contributed by atoms with Crippen LogP contribution in [-0.2, 0) is 0 Å². The molecule has 28 heavy (non-hydrogen) atoms. The standard InChI is InChI=1S/C21H21N5O2/c1-4-12-25(13-5-2)21(28)16-7-9-17(10-8-16)23-20(27)18-15(3)24-26-14-6-11-22-19(18)26/h4-11,14H,1-2,12-13H2,3H3,(H,23,27). The van der Waals surface area contributed by atoms with Crippen molar-refractivity contribution < 1.29 is 9.59 Å². The molecular formula is C21H21N5O2. The molecular weight excluding hydrogens is 354 g/mol. The van der Waals surface area contributed by atoms with Crippen molar-refractivity contribution in [3.63, 3.8) is 0 Å². The maximum absolute atomic E-state index is 12.7. The summed E-state index contributed by atoms with van der Waals surface area (Å²) in [5.74, 6) is -0.425. The van der Waals surface area contributed by atoms with Crippen molar-refractivity contribution in [2.24, 2.45) is 0 Å². The van der Waals surface area contributed by atoms with Gasteiger partial charge in [0, 0.05) is 36.7 Å². The molecule has 0 saturated carbocycles. The molecule has 0 atom stereocenters. The van der Waals surface area contributed by atoms with E-state index in [1.807, 2.05) is 0 Å². The number of anilines is 1. The van der Waals surface area contributed by atoms with E-state index in [-0.39, 0.29) is 11.8 Å². The fraction of sp³-hybridized carbons (Fsp3) is 0.143. The first kappa shape index (κ1) is 19.0. The third-order valence-electron chi connectivity index (χ3n) is 4.17. The van der Waals surface area contributed by atoms with Crippen LogP contribution in [0.4, 0.5) is 5.69 Å². The van der Waals surface area contributed by atoms with Crippen molar-refractivity contribution in [3.8, 4) is 0 Å². The summed E-state index contributed by atoms with van der Waals surface area (Å²) in [6.45, 7) is 9.97. The van der Waals surface area contributed by atoms with Gasteiger partial charge in [-0.2, -0.15) is 5.10 Å². The van der Waals surface area contributed by atoms with E-state index in [0.717, 1.165) is 0 Å². The minimum absolute atomic E-state index is 0.125. The molecule has 7 nitrogen and oxygen atoms in total. The Balaban J connectivity index is 1.77. The van der Waals surface area contributed by atoms with E-state index in [1.165, 1.54) is 0 Å². The van der Waals surface area contributed by atoms with Crippen molar-refractivity contribution in [1.82, 2.24) is 19.5 Å². The maximum Gasteiger partial charge on any atom is 0.261 e. The fourth-order valence-corrected chi connectivity index (χ4v) is 2.89. The number of benzene rings is 1. The molecule has 0 aliphatic rings. The van der Waals surface area contributed by atoms with E-state index in [2.05, 4.69) is 28.6 Å². The lowest BCUT2D eigenvalue weighted by Gasteiger charge is -2.19. The number of carbonyl (C=O) groups is 2. The first-order valence-corrected chi connectivity index (χ1v) is 8.77. The van der Waals surface area contributed by atoms with Crippen LogP contribution in [0.1, 0.15) is 26.4 Å². The van der Waals surface area contributed by atoms with Crippen molar-refractivity contribution >= 4 is 23.1 Å². The molecule has 0 bridgehead atoms. The Labute approximate surface area is 163 Å². The Kier molecular flexibility index (Phi) is 5.64. The summed E-state index contributed by atoms with van der Waals surface area (Å²) in [7, 11) is 0. The minimum atomic E-state index is -0.301. The number of aryl methyl sites for hydroxylation is 1. The van der Waals surface area contributed by atoms with Gasteiger partial charge in [0.15, 0.2) is 5.65 Å². The smallest absolute Gasteiger partial charge is 0.261 e. The number of hydrogen-bond donors (Lipinski definition) is 1. The summed E-state index contributed by atoms with van der Waals surface area (Å²) in [5, 5.41) is 7.13. The molecule has 1 N–H and O–H groups in total. The molecule has 0 radical (unpaired) electrons. The molecule has 1 aromatic carbocycles. The molecule has 2 heterocycles. The largest absolute Gasteiger partial charge is 0.331 e. The lowest BCUT2D eigenvalue weighted by molar-refractivity contribution is 0.0790. The van der Waals surface area contributed by atoms with Gasteiger partial charge in [0.25, 0.3) is 11.8 Å². The molecule has 142 valence electrons. The molecule has 7 heteroatoms. The van der Waals surface area contributed by atoms with E-state index in [1.54, 1.807) is 71.2 Å². The van der Waals surface area contributed by atoms with Gasteiger partial charge in [0.2, 0.25) is 0 Å². The highest BCUT2D eigenvalue weighted by molar-refractivity contribution is 6.09. The van der Waals surface area contributed by atoms with E-state index >= 15 is 0 Å². The number of rotatable bonds is 7. The highest BCUT2D eigenvalue weighted by Crippen LogP contribution is 2.17. The summed E-state index contributed by atoms with van der Waals surface area (Å²) in [6, 6.07) is 8.49. The lowest BCUT2D eigenvalue weighted by Crippen LogP contribution is -2.31.